The number of likely N-dealkylation sites (tertiary alicyclic amines) is 1. The van der Waals surface area contributed by atoms with E-state index in [0.717, 1.165) is 45.1 Å². The highest BCUT2D eigenvalue weighted by molar-refractivity contribution is 5.79. The van der Waals surface area contributed by atoms with Crippen molar-refractivity contribution >= 4 is 5.96 Å². The fourth-order valence-electron chi connectivity index (χ4n) is 2.35. The predicted molar refractivity (Wildman–Crippen MR) is 80.7 cm³/mol. The molecule has 0 aromatic carbocycles. The van der Waals surface area contributed by atoms with Crippen LogP contribution < -0.4 is 10.6 Å². The lowest BCUT2D eigenvalue weighted by molar-refractivity contribution is 0.143. The van der Waals surface area contributed by atoms with Crippen LogP contribution in [0.5, 0.6) is 0 Å². The maximum absolute atomic E-state index is 5.31. The van der Waals surface area contributed by atoms with Crippen molar-refractivity contribution in [2.24, 2.45) is 4.99 Å². The van der Waals surface area contributed by atoms with E-state index < -0.39 is 0 Å². The van der Waals surface area contributed by atoms with Crippen LogP contribution in [0, 0.1) is 0 Å². The van der Waals surface area contributed by atoms with Crippen molar-refractivity contribution in [1.82, 2.24) is 15.5 Å². The summed E-state index contributed by atoms with van der Waals surface area (Å²) in [6, 6.07) is 0.650. The highest BCUT2D eigenvalue weighted by Gasteiger charge is 2.20. The minimum atomic E-state index is 0.650. The first-order valence-electron chi connectivity index (χ1n) is 7.50. The van der Waals surface area contributed by atoms with Crippen molar-refractivity contribution in [1.29, 1.82) is 0 Å². The van der Waals surface area contributed by atoms with Gasteiger partial charge in [-0.15, -0.1) is 0 Å². The number of nitrogens with one attached hydrogen (secondary N) is 2. The zero-order chi connectivity index (χ0) is 13.9. The highest BCUT2D eigenvalue weighted by atomic mass is 16.5. The van der Waals surface area contributed by atoms with Crippen LogP contribution >= 0.6 is 0 Å². The Hall–Kier alpha value is -0.810. The van der Waals surface area contributed by atoms with Gasteiger partial charge in [0, 0.05) is 39.4 Å². The van der Waals surface area contributed by atoms with E-state index in [4.69, 9.17) is 4.74 Å². The highest BCUT2D eigenvalue weighted by Crippen LogP contribution is 2.13. The molecular weight excluding hydrogens is 240 g/mol. The van der Waals surface area contributed by atoms with E-state index in [0.29, 0.717) is 6.04 Å². The topological polar surface area (TPSA) is 48.9 Å². The monoisotopic (exact) mass is 270 g/mol. The summed E-state index contributed by atoms with van der Waals surface area (Å²) in [6.07, 6.45) is 4.81. The molecule has 1 rings (SSSR count). The van der Waals surface area contributed by atoms with Crippen LogP contribution in [-0.4, -0.2) is 63.8 Å². The predicted octanol–water partition coefficient (Wildman–Crippen LogP) is 1.06. The first kappa shape index (κ1) is 16.2. The molecule has 0 aromatic heterocycles. The Morgan fingerprint density at radius 1 is 1.37 bits per heavy atom. The van der Waals surface area contributed by atoms with E-state index in [2.05, 4.69) is 27.6 Å². The lowest BCUT2D eigenvalue weighted by atomic mass is 10.2. The van der Waals surface area contributed by atoms with Gasteiger partial charge in [-0.1, -0.05) is 0 Å². The van der Waals surface area contributed by atoms with Gasteiger partial charge in [-0.25, -0.2) is 0 Å². The van der Waals surface area contributed by atoms with Gasteiger partial charge in [0.25, 0.3) is 0 Å². The smallest absolute Gasteiger partial charge is 0.191 e. The number of guanidine groups is 1. The lowest BCUT2D eigenvalue weighted by Gasteiger charge is -2.21. The maximum Gasteiger partial charge on any atom is 0.191 e. The first-order chi connectivity index (χ1) is 9.27. The Bertz CT molecular complexity index is 258. The minimum absolute atomic E-state index is 0.650. The van der Waals surface area contributed by atoms with Gasteiger partial charge in [0.2, 0.25) is 0 Å². The van der Waals surface area contributed by atoms with Crippen LogP contribution in [0.3, 0.4) is 0 Å². The SMILES string of the molecule is CCOCCCCNC(=NC)NCC1CCCN1C. The van der Waals surface area contributed by atoms with Gasteiger partial charge in [-0.2, -0.15) is 0 Å². The van der Waals surface area contributed by atoms with Crippen LogP contribution in [0.1, 0.15) is 32.6 Å². The van der Waals surface area contributed by atoms with E-state index in [1.807, 2.05) is 14.0 Å². The summed E-state index contributed by atoms with van der Waals surface area (Å²) < 4.78 is 5.31. The zero-order valence-electron chi connectivity index (χ0n) is 12.7. The van der Waals surface area contributed by atoms with Crippen molar-refractivity contribution in [2.75, 3.05) is 46.9 Å². The summed E-state index contributed by atoms with van der Waals surface area (Å²) in [5, 5.41) is 6.76. The molecule has 2 N–H and O–H groups in total. The Morgan fingerprint density at radius 3 is 2.84 bits per heavy atom. The number of unbranched alkanes of at least 4 members (excludes halogenated alkanes) is 1. The second kappa shape index (κ2) is 10.0. The van der Waals surface area contributed by atoms with Crippen molar-refractivity contribution in [3.05, 3.63) is 0 Å². The second-order valence-electron chi connectivity index (χ2n) is 5.06. The van der Waals surface area contributed by atoms with Gasteiger partial charge in [0.1, 0.15) is 0 Å². The molecule has 1 fully saturated rings. The van der Waals surface area contributed by atoms with Crippen molar-refractivity contribution in [3.63, 3.8) is 0 Å². The first-order valence-corrected chi connectivity index (χ1v) is 7.50. The van der Waals surface area contributed by atoms with E-state index in [-0.39, 0.29) is 0 Å². The summed E-state index contributed by atoms with van der Waals surface area (Å²) in [5.41, 5.74) is 0. The average Bonchev–Trinajstić information content (AvgIpc) is 2.83. The third-order valence-electron chi connectivity index (χ3n) is 3.61. The Balaban J connectivity index is 2.06. The molecule has 1 saturated heterocycles. The molecule has 0 saturated carbocycles. The molecule has 112 valence electrons. The number of aliphatic imine (C=N–C) groups is 1. The van der Waals surface area contributed by atoms with Gasteiger partial charge in [-0.05, 0) is 46.2 Å². The molecule has 0 amide bonds. The molecule has 5 nitrogen and oxygen atoms in total. The Labute approximate surface area is 117 Å². The maximum atomic E-state index is 5.31. The molecule has 0 bridgehead atoms. The Kier molecular flexibility index (Phi) is 8.58. The largest absolute Gasteiger partial charge is 0.382 e. The molecule has 1 unspecified atom stereocenters. The molecule has 19 heavy (non-hydrogen) atoms. The molecular formula is C14H30N4O. The quantitative estimate of drug-likeness (QED) is 0.393. The zero-order valence-corrected chi connectivity index (χ0v) is 12.7. The van der Waals surface area contributed by atoms with Crippen molar-refractivity contribution in [3.8, 4) is 0 Å². The van der Waals surface area contributed by atoms with Gasteiger partial charge in [0.15, 0.2) is 5.96 Å². The van der Waals surface area contributed by atoms with Gasteiger partial charge in [0.05, 0.1) is 0 Å². The molecule has 1 heterocycles. The molecule has 0 aromatic rings. The number of likely N-dealkylation sites (N-methyl/N-ethyl adjacent to an activating group) is 1. The molecule has 1 aliphatic heterocycles. The van der Waals surface area contributed by atoms with Crippen LogP contribution in [0.15, 0.2) is 4.99 Å². The minimum Gasteiger partial charge on any atom is -0.382 e. The normalized spacial score (nSPS) is 20.8. The summed E-state index contributed by atoms with van der Waals surface area (Å²) in [4.78, 5) is 6.67. The molecule has 0 radical (unpaired) electrons. The van der Waals surface area contributed by atoms with E-state index in [1.165, 1.54) is 19.4 Å². The fraction of sp³-hybridized carbons (Fsp3) is 0.929. The van der Waals surface area contributed by atoms with E-state index >= 15 is 0 Å². The number of nitrogens with zero attached hydrogens (tertiary/aromatic N) is 2. The Morgan fingerprint density at radius 2 is 2.21 bits per heavy atom. The lowest BCUT2D eigenvalue weighted by Crippen LogP contribution is -2.44. The van der Waals surface area contributed by atoms with Gasteiger partial charge < -0.3 is 20.3 Å². The number of hydrogen-bond acceptors (Lipinski definition) is 3. The van der Waals surface area contributed by atoms with Gasteiger partial charge >= 0.3 is 0 Å². The average molecular weight is 270 g/mol. The summed E-state index contributed by atoms with van der Waals surface area (Å²) in [6.45, 7) is 6.85. The number of hydrogen-bond donors (Lipinski definition) is 2. The molecule has 0 spiro atoms. The number of ether oxygens (including phenoxy) is 1. The third kappa shape index (κ3) is 6.78. The molecule has 0 aliphatic carbocycles. The standard InChI is InChI=1S/C14H30N4O/c1-4-19-11-6-5-9-16-14(15-2)17-12-13-8-7-10-18(13)3/h13H,4-12H2,1-3H3,(H2,15,16,17). The fourth-order valence-corrected chi connectivity index (χ4v) is 2.35. The molecule has 1 atom stereocenters. The molecule has 1 aliphatic rings. The van der Waals surface area contributed by atoms with Gasteiger partial charge in [-0.3, -0.25) is 4.99 Å². The third-order valence-corrected chi connectivity index (χ3v) is 3.61. The van der Waals surface area contributed by atoms with E-state index in [9.17, 15) is 0 Å². The van der Waals surface area contributed by atoms with Crippen LogP contribution in [0.25, 0.3) is 0 Å². The summed E-state index contributed by atoms with van der Waals surface area (Å²) >= 11 is 0. The van der Waals surface area contributed by atoms with Crippen LogP contribution in [0.2, 0.25) is 0 Å². The molecule has 5 heteroatoms. The van der Waals surface area contributed by atoms with Crippen molar-refractivity contribution in [2.45, 2.75) is 38.6 Å². The summed E-state index contributed by atoms with van der Waals surface area (Å²) in [5.74, 6) is 0.914. The number of rotatable bonds is 8. The van der Waals surface area contributed by atoms with E-state index in [1.54, 1.807) is 0 Å². The second-order valence-corrected chi connectivity index (χ2v) is 5.06. The van der Waals surface area contributed by atoms with Crippen LogP contribution in [-0.2, 0) is 4.74 Å². The van der Waals surface area contributed by atoms with Crippen LogP contribution in [0.4, 0.5) is 0 Å². The summed E-state index contributed by atoms with van der Waals surface area (Å²) in [7, 11) is 4.02. The van der Waals surface area contributed by atoms with Crippen molar-refractivity contribution < 1.29 is 4.74 Å².